The van der Waals surface area contributed by atoms with Gasteiger partial charge in [-0.15, -0.1) is 0 Å². The Balaban J connectivity index is 1.80. The quantitative estimate of drug-likeness (QED) is 0.789. The summed E-state index contributed by atoms with van der Waals surface area (Å²) in [5.41, 5.74) is 2.34. The van der Waals surface area contributed by atoms with Crippen molar-refractivity contribution >= 4 is 11.0 Å². The number of nitrogens with zero attached hydrogens (tertiary/aromatic N) is 3. The first-order valence-electron chi connectivity index (χ1n) is 6.45. The first-order chi connectivity index (χ1) is 8.33. The third kappa shape index (κ3) is 2.20. The lowest BCUT2D eigenvalue weighted by Crippen LogP contribution is -2.35. The van der Waals surface area contributed by atoms with Gasteiger partial charge in [-0.2, -0.15) is 0 Å². The zero-order chi connectivity index (χ0) is 11.7. The molecule has 0 radical (unpaired) electrons. The van der Waals surface area contributed by atoms with Crippen molar-refractivity contribution in [1.29, 1.82) is 0 Å². The van der Waals surface area contributed by atoms with Gasteiger partial charge in [0.05, 0.1) is 24.0 Å². The minimum absolute atomic E-state index is 0.832. The summed E-state index contributed by atoms with van der Waals surface area (Å²) in [6.07, 6.45) is 4.67. The Morgan fingerprint density at radius 2 is 2.24 bits per heavy atom. The van der Waals surface area contributed by atoms with Gasteiger partial charge in [0.2, 0.25) is 0 Å². The van der Waals surface area contributed by atoms with Crippen LogP contribution >= 0.6 is 0 Å². The fraction of sp³-hybridized carbons (Fsp3) is 0.500. The van der Waals surface area contributed by atoms with Crippen LogP contribution in [0.25, 0.3) is 11.0 Å². The van der Waals surface area contributed by atoms with Crippen LogP contribution in [-0.2, 0) is 6.67 Å². The molecule has 1 aromatic carbocycles. The van der Waals surface area contributed by atoms with Crippen LogP contribution in [0.4, 0.5) is 0 Å². The smallest absolute Gasteiger partial charge is 0.0969 e. The molecule has 0 unspecified atom stereocenters. The second kappa shape index (κ2) is 4.49. The van der Waals surface area contributed by atoms with Crippen LogP contribution in [0.1, 0.15) is 19.8 Å². The van der Waals surface area contributed by atoms with Crippen LogP contribution in [0.2, 0.25) is 0 Å². The fourth-order valence-corrected chi connectivity index (χ4v) is 2.75. The van der Waals surface area contributed by atoms with Crippen molar-refractivity contribution in [3.05, 3.63) is 30.6 Å². The van der Waals surface area contributed by atoms with Gasteiger partial charge in [-0.1, -0.05) is 19.1 Å². The van der Waals surface area contributed by atoms with E-state index in [2.05, 4.69) is 39.6 Å². The molecule has 90 valence electrons. The molecule has 1 fully saturated rings. The van der Waals surface area contributed by atoms with Gasteiger partial charge in [0.15, 0.2) is 0 Å². The van der Waals surface area contributed by atoms with Crippen molar-refractivity contribution < 1.29 is 0 Å². The molecule has 1 aliphatic heterocycles. The summed E-state index contributed by atoms with van der Waals surface area (Å²) in [4.78, 5) is 6.97. The van der Waals surface area contributed by atoms with E-state index in [0.717, 1.165) is 18.1 Å². The van der Waals surface area contributed by atoms with E-state index in [1.165, 1.54) is 31.4 Å². The maximum absolute atomic E-state index is 4.44. The number of rotatable bonds is 2. The Morgan fingerprint density at radius 1 is 1.35 bits per heavy atom. The molecule has 2 heterocycles. The molecule has 2 aromatic rings. The summed E-state index contributed by atoms with van der Waals surface area (Å²) in [5, 5.41) is 0. The number of benzene rings is 1. The first kappa shape index (κ1) is 10.8. The summed E-state index contributed by atoms with van der Waals surface area (Å²) in [7, 11) is 0. The van der Waals surface area contributed by atoms with Gasteiger partial charge in [-0.05, 0) is 37.4 Å². The van der Waals surface area contributed by atoms with Gasteiger partial charge in [0.25, 0.3) is 0 Å². The monoisotopic (exact) mass is 229 g/mol. The van der Waals surface area contributed by atoms with E-state index in [-0.39, 0.29) is 0 Å². The van der Waals surface area contributed by atoms with E-state index in [1.807, 2.05) is 12.4 Å². The second-order valence-electron chi connectivity index (χ2n) is 5.17. The number of imidazole rings is 1. The molecule has 0 bridgehead atoms. The maximum Gasteiger partial charge on any atom is 0.0969 e. The molecule has 0 spiro atoms. The number of hydrogen-bond donors (Lipinski definition) is 0. The predicted molar refractivity (Wildman–Crippen MR) is 69.7 cm³/mol. The fourth-order valence-electron chi connectivity index (χ4n) is 2.75. The van der Waals surface area contributed by atoms with Crippen LogP contribution in [-0.4, -0.2) is 27.5 Å². The van der Waals surface area contributed by atoms with E-state index in [4.69, 9.17) is 0 Å². The summed E-state index contributed by atoms with van der Waals surface area (Å²) in [5.74, 6) is 0.832. The average molecular weight is 229 g/mol. The van der Waals surface area contributed by atoms with Gasteiger partial charge in [-0.25, -0.2) is 4.98 Å². The number of piperidine rings is 1. The SMILES string of the molecule is C[C@@H]1CCCN(Cn2cnc3ccccc32)C1. The zero-order valence-electron chi connectivity index (χ0n) is 10.3. The molecule has 3 nitrogen and oxygen atoms in total. The predicted octanol–water partition coefficient (Wildman–Crippen LogP) is 2.73. The molecule has 17 heavy (non-hydrogen) atoms. The lowest BCUT2D eigenvalue weighted by molar-refractivity contribution is 0.148. The van der Waals surface area contributed by atoms with E-state index in [0.29, 0.717) is 0 Å². The molecule has 0 amide bonds. The summed E-state index contributed by atoms with van der Waals surface area (Å²) in [6.45, 7) is 5.76. The Bertz CT molecular complexity index is 503. The van der Waals surface area contributed by atoms with Gasteiger partial charge in [0, 0.05) is 6.54 Å². The molecule has 1 aromatic heterocycles. The number of hydrogen-bond acceptors (Lipinski definition) is 2. The highest BCUT2D eigenvalue weighted by Crippen LogP contribution is 2.18. The summed E-state index contributed by atoms with van der Waals surface area (Å²) in [6, 6.07) is 8.35. The summed E-state index contributed by atoms with van der Waals surface area (Å²) >= 11 is 0. The topological polar surface area (TPSA) is 21.1 Å². The molecule has 1 atom stereocenters. The molecule has 0 aliphatic carbocycles. The van der Waals surface area contributed by atoms with Gasteiger partial charge >= 0.3 is 0 Å². The van der Waals surface area contributed by atoms with Crippen molar-refractivity contribution in [2.45, 2.75) is 26.4 Å². The van der Waals surface area contributed by atoms with Crippen LogP contribution in [0, 0.1) is 5.92 Å². The van der Waals surface area contributed by atoms with Crippen LogP contribution in [0.5, 0.6) is 0 Å². The average Bonchev–Trinajstić information content (AvgIpc) is 2.73. The normalized spacial score (nSPS) is 22.1. The van der Waals surface area contributed by atoms with E-state index < -0.39 is 0 Å². The molecule has 3 rings (SSSR count). The number of para-hydroxylation sites is 2. The molecular formula is C14H19N3. The Kier molecular flexibility index (Phi) is 2.85. The molecular weight excluding hydrogens is 210 g/mol. The van der Waals surface area contributed by atoms with Crippen molar-refractivity contribution in [3.8, 4) is 0 Å². The van der Waals surface area contributed by atoms with Crippen molar-refractivity contribution in [3.63, 3.8) is 0 Å². The maximum atomic E-state index is 4.44. The third-order valence-electron chi connectivity index (χ3n) is 3.62. The number of aromatic nitrogens is 2. The third-order valence-corrected chi connectivity index (χ3v) is 3.62. The van der Waals surface area contributed by atoms with Gasteiger partial charge in [-0.3, -0.25) is 4.90 Å². The van der Waals surface area contributed by atoms with Crippen molar-refractivity contribution in [2.24, 2.45) is 5.92 Å². The van der Waals surface area contributed by atoms with Crippen molar-refractivity contribution in [1.82, 2.24) is 14.5 Å². The highest BCUT2D eigenvalue weighted by atomic mass is 15.3. The largest absolute Gasteiger partial charge is 0.317 e. The zero-order valence-corrected chi connectivity index (χ0v) is 10.3. The number of fused-ring (bicyclic) bond motifs is 1. The molecule has 1 saturated heterocycles. The van der Waals surface area contributed by atoms with Crippen molar-refractivity contribution in [2.75, 3.05) is 13.1 Å². The van der Waals surface area contributed by atoms with E-state index in [9.17, 15) is 0 Å². The molecule has 1 aliphatic rings. The summed E-state index contributed by atoms with van der Waals surface area (Å²) < 4.78 is 2.26. The Hall–Kier alpha value is -1.35. The highest BCUT2D eigenvalue weighted by molar-refractivity contribution is 5.74. The van der Waals surface area contributed by atoms with Crippen LogP contribution in [0.15, 0.2) is 30.6 Å². The van der Waals surface area contributed by atoms with E-state index >= 15 is 0 Å². The lowest BCUT2D eigenvalue weighted by Gasteiger charge is -2.31. The van der Waals surface area contributed by atoms with Crippen LogP contribution < -0.4 is 0 Å². The Morgan fingerprint density at radius 3 is 3.12 bits per heavy atom. The van der Waals surface area contributed by atoms with Gasteiger partial charge in [0.1, 0.15) is 0 Å². The van der Waals surface area contributed by atoms with Gasteiger partial charge < -0.3 is 4.57 Å². The standard InChI is InChI=1S/C14H19N3/c1-12-5-4-8-16(9-12)11-17-10-15-13-6-2-3-7-14(13)17/h2-3,6-7,10,12H,4-5,8-9,11H2,1H3/t12-/m1/s1. The Labute approximate surface area is 102 Å². The van der Waals surface area contributed by atoms with Crippen LogP contribution in [0.3, 0.4) is 0 Å². The second-order valence-corrected chi connectivity index (χ2v) is 5.17. The molecule has 0 N–H and O–H groups in total. The molecule has 3 heteroatoms. The highest BCUT2D eigenvalue weighted by Gasteiger charge is 2.16. The van der Waals surface area contributed by atoms with E-state index in [1.54, 1.807) is 0 Å². The minimum Gasteiger partial charge on any atom is -0.317 e. The minimum atomic E-state index is 0.832. The first-order valence-corrected chi connectivity index (χ1v) is 6.45. The molecule has 0 saturated carbocycles. The number of likely N-dealkylation sites (tertiary alicyclic amines) is 1. The lowest BCUT2D eigenvalue weighted by atomic mass is 10.0.